The van der Waals surface area contributed by atoms with Crippen LogP contribution in [-0.4, -0.2) is 15.9 Å². The van der Waals surface area contributed by atoms with Gasteiger partial charge >= 0.3 is 0 Å². The molecule has 114 valence electrons. The van der Waals surface area contributed by atoms with Gasteiger partial charge in [0.25, 0.3) is 5.91 Å². The molecule has 0 unspecified atom stereocenters. The van der Waals surface area contributed by atoms with Crippen molar-refractivity contribution in [2.24, 2.45) is 0 Å². The standard InChI is InChI=1S/C17H13FN4O/c18-12-6-8-14(9-7-12)22-17(23)15-10-16(20-11-19-15)21-13-4-2-1-3-5-13/h1-11H,(H,22,23)(H,19,20,21). The summed E-state index contributed by atoms with van der Waals surface area (Å²) in [5.41, 5.74) is 1.56. The molecule has 0 bridgehead atoms. The van der Waals surface area contributed by atoms with Crippen LogP contribution in [-0.2, 0) is 0 Å². The zero-order valence-corrected chi connectivity index (χ0v) is 12.0. The van der Waals surface area contributed by atoms with Gasteiger partial charge in [0, 0.05) is 17.4 Å². The molecule has 0 saturated carbocycles. The number of para-hydroxylation sites is 1. The zero-order valence-electron chi connectivity index (χ0n) is 12.0. The van der Waals surface area contributed by atoms with Gasteiger partial charge in [0.1, 0.15) is 23.7 Å². The summed E-state index contributed by atoms with van der Waals surface area (Å²) in [7, 11) is 0. The summed E-state index contributed by atoms with van der Waals surface area (Å²) in [4.78, 5) is 20.2. The SMILES string of the molecule is O=C(Nc1ccc(F)cc1)c1cc(Nc2ccccc2)ncn1. The Kier molecular flexibility index (Phi) is 4.24. The van der Waals surface area contributed by atoms with E-state index in [-0.39, 0.29) is 11.5 Å². The van der Waals surface area contributed by atoms with E-state index in [0.717, 1.165) is 5.69 Å². The molecule has 0 aliphatic carbocycles. The molecule has 1 aromatic heterocycles. The quantitative estimate of drug-likeness (QED) is 0.772. The van der Waals surface area contributed by atoms with Crippen molar-refractivity contribution in [3.8, 4) is 0 Å². The lowest BCUT2D eigenvalue weighted by Gasteiger charge is -2.07. The molecule has 5 nitrogen and oxygen atoms in total. The van der Waals surface area contributed by atoms with Crippen LogP contribution < -0.4 is 10.6 Å². The first kappa shape index (κ1) is 14.6. The lowest BCUT2D eigenvalue weighted by Crippen LogP contribution is -2.14. The number of benzene rings is 2. The summed E-state index contributed by atoms with van der Waals surface area (Å²) in [5, 5.41) is 5.74. The van der Waals surface area contributed by atoms with Gasteiger partial charge in [-0.05, 0) is 36.4 Å². The van der Waals surface area contributed by atoms with Crippen molar-refractivity contribution in [1.82, 2.24) is 9.97 Å². The second kappa shape index (κ2) is 6.65. The van der Waals surface area contributed by atoms with Crippen LogP contribution in [0.4, 0.5) is 21.6 Å². The highest BCUT2D eigenvalue weighted by atomic mass is 19.1. The second-order valence-electron chi connectivity index (χ2n) is 4.74. The molecular formula is C17H13FN4O. The Balaban J connectivity index is 1.73. The maximum atomic E-state index is 12.9. The minimum atomic E-state index is -0.393. The number of carbonyl (C=O) groups is 1. The number of anilines is 3. The number of rotatable bonds is 4. The van der Waals surface area contributed by atoms with Crippen molar-refractivity contribution in [2.75, 3.05) is 10.6 Å². The molecule has 0 radical (unpaired) electrons. The first-order chi connectivity index (χ1) is 11.2. The normalized spacial score (nSPS) is 10.1. The van der Waals surface area contributed by atoms with E-state index in [1.54, 1.807) is 6.07 Å². The van der Waals surface area contributed by atoms with Crippen molar-refractivity contribution in [1.29, 1.82) is 0 Å². The van der Waals surface area contributed by atoms with Crippen LogP contribution in [0.2, 0.25) is 0 Å². The van der Waals surface area contributed by atoms with Gasteiger partial charge in [0.2, 0.25) is 0 Å². The number of halogens is 1. The average molecular weight is 308 g/mol. The number of amides is 1. The predicted molar refractivity (Wildman–Crippen MR) is 86.1 cm³/mol. The number of nitrogens with zero attached hydrogens (tertiary/aromatic N) is 2. The summed E-state index contributed by atoms with van der Waals surface area (Å²) < 4.78 is 12.9. The van der Waals surface area contributed by atoms with Gasteiger partial charge in [-0.1, -0.05) is 18.2 Å². The minimum absolute atomic E-state index is 0.211. The molecule has 2 N–H and O–H groups in total. The molecule has 0 fully saturated rings. The molecule has 3 aromatic rings. The molecule has 3 rings (SSSR count). The molecule has 0 aliphatic heterocycles. The highest BCUT2D eigenvalue weighted by Gasteiger charge is 2.09. The highest BCUT2D eigenvalue weighted by molar-refractivity contribution is 6.03. The van der Waals surface area contributed by atoms with E-state index in [0.29, 0.717) is 11.5 Å². The molecule has 0 atom stereocenters. The van der Waals surface area contributed by atoms with Crippen molar-refractivity contribution < 1.29 is 9.18 Å². The Morgan fingerprint density at radius 3 is 2.39 bits per heavy atom. The zero-order chi connectivity index (χ0) is 16.1. The molecular weight excluding hydrogens is 295 g/mol. The number of nitrogens with one attached hydrogen (secondary N) is 2. The van der Waals surface area contributed by atoms with Crippen molar-refractivity contribution >= 4 is 23.1 Å². The van der Waals surface area contributed by atoms with Crippen LogP contribution in [0.5, 0.6) is 0 Å². The Labute approximate surface area is 132 Å². The number of hydrogen-bond donors (Lipinski definition) is 2. The summed E-state index contributed by atoms with van der Waals surface area (Å²) in [6, 6.07) is 16.5. The fraction of sp³-hybridized carbons (Fsp3) is 0. The largest absolute Gasteiger partial charge is 0.340 e. The van der Waals surface area contributed by atoms with Gasteiger partial charge in [-0.3, -0.25) is 4.79 Å². The van der Waals surface area contributed by atoms with Crippen molar-refractivity contribution in [3.63, 3.8) is 0 Å². The topological polar surface area (TPSA) is 66.9 Å². The van der Waals surface area contributed by atoms with Crippen molar-refractivity contribution in [3.05, 3.63) is 78.5 Å². The summed E-state index contributed by atoms with van der Waals surface area (Å²) in [6.07, 6.45) is 1.31. The van der Waals surface area contributed by atoms with Crippen LogP contribution in [0.25, 0.3) is 0 Å². The van der Waals surface area contributed by atoms with Gasteiger partial charge in [0.05, 0.1) is 0 Å². The summed E-state index contributed by atoms with van der Waals surface area (Å²) in [5.74, 6) is -0.245. The molecule has 6 heteroatoms. The van der Waals surface area contributed by atoms with E-state index in [1.165, 1.54) is 30.6 Å². The lowest BCUT2D eigenvalue weighted by atomic mass is 10.3. The van der Waals surface area contributed by atoms with Gasteiger partial charge < -0.3 is 10.6 Å². The van der Waals surface area contributed by atoms with Crippen LogP contribution in [0.1, 0.15) is 10.5 Å². The van der Waals surface area contributed by atoms with Crippen LogP contribution in [0.3, 0.4) is 0 Å². The molecule has 23 heavy (non-hydrogen) atoms. The van der Waals surface area contributed by atoms with E-state index in [9.17, 15) is 9.18 Å². The first-order valence-corrected chi connectivity index (χ1v) is 6.92. The molecule has 0 saturated heterocycles. The minimum Gasteiger partial charge on any atom is -0.340 e. The Bertz CT molecular complexity index is 806. The van der Waals surface area contributed by atoms with Crippen LogP contribution in [0, 0.1) is 5.82 Å². The maximum Gasteiger partial charge on any atom is 0.274 e. The number of hydrogen-bond acceptors (Lipinski definition) is 4. The van der Waals surface area contributed by atoms with Gasteiger partial charge in [-0.2, -0.15) is 0 Å². The van der Waals surface area contributed by atoms with E-state index < -0.39 is 5.91 Å². The third-order valence-corrected chi connectivity index (χ3v) is 3.05. The number of carbonyl (C=O) groups excluding carboxylic acids is 1. The molecule has 0 spiro atoms. The average Bonchev–Trinajstić information content (AvgIpc) is 2.58. The summed E-state index contributed by atoms with van der Waals surface area (Å²) in [6.45, 7) is 0. The smallest absolute Gasteiger partial charge is 0.274 e. The third kappa shape index (κ3) is 3.88. The van der Waals surface area contributed by atoms with Gasteiger partial charge in [0.15, 0.2) is 0 Å². The molecule has 1 heterocycles. The van der Waals surface area contributed by atoms with E-state index in [2.05, 4.69) is 20.6 Å². The Morgan fingerprint density at radius 1 is 0.913 bits per heavy atom. The van der Waals surface area contributed by atoms with E-state index in [4.69, 9.17) is 0 Å². The molecule has 1 amide bonds. The predicted octanol–water partition coefficient (Wildman–Crippen LogP) is 3.61. The monoisotopic (exact) mass is 308 g/mol. The number of aromatic nitrogens is 2. The van der Waals surface area contributed by atoms with Gasteiger partial charge in [-0.15, -0.1) is 0 Å². The highest BCUT2D eigenvalue weighted by Crippen LogP contribution is 2.15. The maximum absolute atomic E-state index is 12.9. The fourth-order valence-corrected chi connectivity index (χ4v) is 1.95. The van der Waals surface area contributed by atoms with E-state index >= 15 is 0 Å². The first-order valence-electron chi connectivity index (χ1n) is 6.92. The summed E-state index contributed by atoms with van der Waals surface area (Å²) >= 11 is 0. The van der Waals surface area contributed by atoms with Crippen molar-refractivity contribution in [2.45, 2.75) is 0 Å². The Hall–Kier alpha value is -3.28. The third-order valence-electron chi connectivity index (χ3n) is 3.05. The van der Waals surface area contributed by atoms with Crippen LogP contribution >= 0.6 is 0 Å². The molecule has 0 aliphatic rings. The molecule has 2 aromatic carbocycles. The Morgan fingerprint density at radius 2 is 1.65 bits per heavy atom. The lowest BCUT2D eigenvalue weighted by molar-refractivity contribution is 0.102. The second-order valence-corrected chi connectivity index (χ2v) is 4.74. The van der Waals surface area contributed by atoms with E-state index in [1.807, 2.05) is 30.3 Å². The van der Waals surface area contributed by atoms with Crippen LogP contribution in [0.15, 0.2) is 67.0 Å². The van der Waals surface area contributed by atoms with Gasteiger partial charge in [-0.25, -0.2) is 14.4 Å². The fourth-order valence-electron chi connectivity index (χ4n) is 1.95.